The largest absolute Gasteiger partial charge is 0.449 e. The van der Waals surface area contributed by atoms with E-state index in [1.807, 2.05) is 12.1 Å². The van der Waals surface area contributed by atoms with Crippen molar-refractivity contribution in [3.63, 3.8) is 0 Å². The first-order valence-electron chi connectivity index (χ1n) is 10.5. The molecule has 2 aliphatic rings. The van der Waals surface area contributed by atoms with Crippen molar-refractivity contribution in [3.8, 4) is 0 Å². The van der Waals surface area contributed by atoms with Gasteiger partial charge < -0.3 is 9.64 Å². The van der Waals surface area contributed by atoms with Crippen molar-refractivity contribution in [3.05, 3.63) is 106 Å². The zero-order chi connectivity index (χ0) is 22.3. The van der Waals surface area contributed by atoms with Crippen LogP contribution in [0.4, 0.5) is 4.39 Å². The van der Waals surface area contributed by atoms with E-state index in [9.17, 15) is 18.8 Å². The summed E-state index contributed by atoms with van der Waals surface area (Å²) >= 11 is 0. The number of piperidine rings is 1. The molecule has 3 aromatic rings. The maximum absolute atomic E-state index is 13.5. The van der Waals surface area contributed by atoms with Gasteiger partial charge in [0.2, 0.25) is 0 Å². The van der Waals surface area contributed by atoms with Crippen molar-refractivity contribution in [2.75, 3.05) is 13.1 Å². The summed E-state index contributed by atoms with van der Waals surface area (Å²) in [6.45, 7) is 0.729. The van der Waals surface area contributed by atoms with Crippen LogP contribution in [0.5, 0.6) is 0 Å². The summed E-state index contributed by atoms with van der Waals surface area (Å²) in [5.74, 6) is -1.45. The molecule has 1 saturated heterocycles. The number of benzene rings is 3. The zero-order valence-corrected chi connectivity index (χ0v) is 17.2. The van der Waals surface area contributed by atoms with E-state index < -0.39 is 11.4 Å². The number of carbonyl (C=O) groups is 3. The second-order valence-corrected chi connectivity index (χ2v) is 8.14. The molecule has 5 rings (SSSR count). The lowest BCUT2D eigenvalue weighted by molar-refractivity contribution is -0.0442. The van der Waals surface area contributed by atoms with Crippen molar-refractivity contribution < 1.29 is 23.5 Å². The third-order valence-electron chi connectivity index (χ3n) is 6.18. The number of carbonyl (C=O) groups excluding carboxylic acids is 3. The van der Waals surface area contributed by atoms with Gasteiger partial charge in [-0.3, -0.25) is 9.59 Å². The Bertz CT molecular complexity index is 1240. The minimum atomic E-state index is -0.864. The van der Waals surface area contributed by atoms with E-state index in [2.05, 4.69) is 0 Å². The van der Waals surface area contributed by atoms with Gasteiger partial charge in [0.25, 0.3) is 5.91 Å². The average molecular weight is 429 g/mol. The monoisotopic (exact) mass is 429 g/mol. The van der Waals surface area contributed by atoms with Crippen LogP contribution in [-0.4, -0.2) is 35.6 Å². The second-order valence-electron chi connectivity index (χ2n) is 8.14. The minimum absolute atomic E-state index is 0.230. The molecule has 3 aromatic carbocycles. The van der Waals surface area contributed by atoms with E-state index in [-0.39, 0.29) is 35.3 Å². The molecule has 0 saturated carbocycles. The van der Waals surface area contributed by atoms with Crippen molar-refractivity contribution in [2.45, 2.75) is 18.4 Å². The third kappa shape index (κ3) is 3.28. The molecule has 1 atom stereocenters. The van der Waals surface area contributed by atoms with Crippen LogP contribution in [0.1, 0.15) is 55.0 Å². The van der Waals surface area contributed by atoms with Gasteiger partial charge in [0, 0.05) is 23.2 Å². The molecule has 2 heterocycles. The van der Waals surface area contributed by atoms with Crippen molar-refractivity contribution in [1.82, 2.24) is 4.90 Å². The fraction of sp³-hybridized carbons (Fsp3) is 0.192. The van der Waals surface area contributed by atoms with Gasteiger partial charge in [-0.2, -0.15) is 0 Å². The maximum Gasteiger partial charge on any atom is 0.339 e. The number of amides is 1. The lowest BCUT2D eigenvalue weighted by Gasteiger charge is -2.39. The van der Waals surface area contributed by atoms with Crippen LogP contribution in [0, 0.1) is 5.82 Å². The highest BCUT2D eigenvalue weighted by Crippen LogP contribution is 2.43. The molecule has 2 aliphatic heterocycles. The van der Waals surface area contributed by atoms with Gasteiger partial charge >= 0.3 is 5.97 Å². The first-order chi connectivity index (χ1) is 15.5. The SMILES string of the molecule is O=C(c1ccc(F)cc1)c1ccccc1C(=O)N1CCCC2(C1)OC(=O)c1ccccc12. The van der Waals surface area contributed by atoms with E-state index in [0.717, 1.165) is 5.56 Å². The number of nitrogens with zero attached hydrogens (tertiary/aromatic N) is 1. The van der Waals surface area contributed by atoms with Gasteiger partial charge in [-0.15, -0.1) is 0 Å². The van der Waals surface area contributed by atoms with E-state index in [4.69, 9.17) is 4.74 Å². The summed E-state index contributed by atoms with van der Waals surface area (Å²) in [5.41, 5.74) is 1.31. The first-order valence-corrected chi connectivity index (χ1v) is 10.5. The van der Waals surface area contributed by atoms with Crippen LogP contribution >= 0.6 is 0 Å². The van der Waals surface area contributed by atoms with Gasteiger partial charge in [-0.25, -0.2) is 9.18 Å². The molecule has 1 spiro atoms. The Kier molecular flexibility index (Phi) is 4.85. The Labute approximate surface area is 184 Å². The minimum Gasteiger partial charge on any atom is -0.449 e. The van der Waals surface area contributed by atoms with Gasteiger partial charge in [0.1, 0.15) is 5.82 Å². The van der Waals surface area contributed by atoms with Gasteiger partial charge in [0.15, 0.2) is 11.4 Å². The van der Waals surface area contributed by atoms with Crippen LogP contribution in [-0.2, 0) is 10.3 Å². The molecule has 0 aliphatic carbocycles. The van der Waals surface area contributed by atoms with Crippen molar-refractivity contribution in [2.24, 2.45) is 0 Å². The predicted octanol–water partition coefficient (Wildman–Crippen LogP) is 4.36. The summed E-state index contributed by atoms with van der Waals surface area (Å²) in [7, 11) is 0. The topological polar surface area (TPSA) is 63.7 Å². The highest BCUT2D eigenvalue weighted by molar-refractivity contribution is 6.15. The Morgan fingerprint density at radius 2 is 1.59 bits per heavy atom. The Morgan fingerprint density at radius 1 is 0.906 bits per heavy atom. The lowest BCUT2D eigenvalue weighted by atomic mass is 9.84. The predicted molar refractivity (Wildman–Crippen MR) is 115 cm³/mol. The molecular weight excluding hydrogens is 409 g/mol. The van der Waals surface area contributed by atoms with Crippen LogP contribution in [0.25, 0.3) is 0 Å². The fourth-order valence-electron chi connectivity index (χ4n) is 4.64. The van der Waals surface area contributed by atoms with E-state index in [1.165, 1.54) is 24.3 Å². The molecular formula is C26H20FNO4. The number of hydrogen-bond donors (Lipinski definition) is 0. The molecule has 0 N–H and O–H groups in total. The van der Waals surface area contributed by atoms with Crippen LogP contribution in [0.2, 0.25) is 0 Å². The molecule has 160 valence electrons. The third-order valence-corrected chi connectivity index (χ3v) is 6.18. The number of esters is 1. The summed E-state index contributed by atoms with van der Waals surface area (Å²) in [4.78, 5) is 40.6. The lowest BCUT2D eigenvalue weighted by Crippen LogP contribution is -2.49. The number of fused-ring (bicyclic) bond motifs is 2. The molecule has 1 fully saturated rings. The molecule has 1 unspecified atom stereocenters. The normalized spacial score (nSPS) is 19.5. The number of ether oxygens (including phenoxy) is 1. The summed E-state index contributed by atoms with van der Waals surface area (Å²) < 4.78 is 19.1. The summed E-state index contributed by atoms with van der Waals surface area (Å²) in [6, 6.07) is 19.1. The average Bonchev–Trinajstić information content (AvgIpc) is 3.09. The highest BCUT2D eigenvalue weighted by Gasteiger charge is 2.48. The molecule has 0 aromatic heterocycles. The number of halogens is 1. The number of ketones is 1. The van der Waals surface area contributed by atoms with Gasteiger partial charge in [0.05, 0.1) is 17.7 Å². The van der Waals surface area contributed by atoms with Gasteiger partial charge in [-0.1, -0.05) is 36.4 Å². The van der Waals surface area contributed by atoms with Crippen LogP contribution in [0.3, 0.4) is 0 Å². The molecule has 6 heteroatoms. The quantitative estimate of drug-likeness (QED) is 0.459. The molecule has 0 radical (unpaired) electrons. The molecule has 0 bridgehead atoms. The number of rotatable bonds is 3. The van der Waals surface area contributed by atoms with E-state index in [1.54, 1.807) is 41.3 Å². The van der Waals surface area contributed by atoms with Crippen molar-refractivity contribution in [1.29, 1.82) is 0 Å². The van der Waals surface area contributed by atoms with E-state index >= 15 is 0 Å². The molecule has 32 heavy (non-hydrogen) atoms. The zero-order valence-electron chi connectivity index (χ0n) is 17.2. The maximum atomic E-state index is 13.5. The first kappa shape index (κ1) is 20.1. The molecule has 5 nitrogen and oxygen atoms in total. The Balaban J connectivity index is 1.46. The van der Waals surface area contributed by atoms with E-state index in [0.29, 0.717) is 30.5 Å². The smallest absolute Gasteiger partial charge is 0.339 e. The second kappa shape index (κ2) is 7.71. The van der Waals surface area contributed by atoms with Crippen molar-refractivity contribution >= 4 is 17.7 Å². The summed E-state index contributed by atoms with van der Waals surface area (Å²) in [6.07, 6.45) is 1.30. The van der Waals surface area contributed by atoms with Crippen LogP contribution in [0.15, 0.2) is 72.8 Å². The standard InChI is InChI=1S/C26H20FNO4/c27-18-12-10-17(11-13-18)23(29)19-6-1-2-7-20(19)24(30)28-15-5-14-26(16-28)22-9-4-3-8-21(22)25(31)32-26/h1-4,6-13H,5,14-16H2. The fourth-order valence-corrected chi connectivity index (χ4v) is 4.64. The number of hydrogen-bond acceptors (Lipinski definition) is 4. The Hall–Kier alpha value is -3.80. The molecule has 1 amide bonds. The highest BCUT2D eigenvalue weighted by atomic mass is 19.1. The number of likely N-dealkylation sites (tertiary alicyclic amines) is 1. The Morgan fingerprint density at radius 3 is 2.38 bits per heavy atom. The van der Waals surface area contributed by atoms with Gasteiger partial charge in [-0.05, 0) is 49.2 Å². The van der Waals surface area contributed by atoms with Crippen LogP contribution < -0.4 is 0 Å². The summed E-state index contributed by atoms with van der Waals surface area (Å²) in [5, 5.41) is 0.